The van der Waals surface area contributed by atoms with E-state index in [-0.39, 0.29) is 19.1 Å². The van der Waals surface area contributed by atoms with E-state index >= 15 is 0 Å². The first kappa shape index (κ1) is 19.4. The van der Waals surface area contributed by atoms with Crippen LogP contribution in [0.15, 0.2) is 72.3 Å². The SMILES string of the molecule is CC[C@H](C)/C(=C/C(=O)OCc1ccccc1)C(=O)OCc1ccccc1. The first-order chi connectivity index (χ1) is 12.6. The zero-order chi connectivity index (χ0) is 18.8. The number of ether oxygens (including phenoxy) is 2. The van der Waals surface area contributed by atoms with Crippen molar-refractivity contribution in [2.75, 3.05) is 0 Å². The van der Waals surface area contributed by atoms with Crippen molar-refractivity contribution in [2.45, 2.75) is 33.5 Å². The predicted molar refractivity (Wildman–Crippen MR) is 100 cm³/mol. The Balaban J connectivity index is 1.99. The van der Waals surface area contributed by atoms with Gasteiger partial charge in [0.2, 0.25) is 0 Å². The van der Waals surface area contributed by atoms with Gasteiger partial charge in [-0.2, -0.15) is 0 Å². The summed E-state index contributed by atoms with van der Waals surface area (Å²) in [6.07, 6.45) is 1.97. The maximum Gasteiger partial charge on any atom is 0.334 e. The quantitative estimate of drug-likeness (QED) is 0.520. The molecule has 0 fully saturated rings. The summed E-state index contributed by atoms with van der Waals surface area (Å²) in [5.41, 5.74) is 2.13. The molecule has 0 saturated heterocycles. The van der Waals surface area contributed by atoms with Gasteiger partial charge in [-0.3, -0.25) is 0 Å². The standard InChI is InChI=1S/C22H24O4/c1-3-17(2)20(22(24)26-16-19-12-8-5-9-13-19)14-21(23)25-15-18-10-6-4-7-11-18/h4-14,17H,3,15-16H2,1-2H3/b20-14-/t17-/m0/s1. The average molecular weight is 352 g/mol. The Morgan fingerprint density at radius 2 is 1.38 bits per heavy atom. The van der Waals surface area contributed by atoms with Crippen LogP contribution in [0.2, 0.25) is 0 Å². The summed E-state index contributed by atoms with van der Waals surface area (Å²) in [6, 6.07) is 18.8. The molecule has 26 heavy (non-hydrogen) atoms. The largest absolute Gasteiger partial charge is 0.458 e. The van der Waals surface area contributed by atoms with E-state index in [4.69, 9.17) is 9.47 Å². The molecule has 0 aromatic heterocycles. The lowest BCUT2D eigenvalue weighted by Gasteiger charge is -2.13. The van der Waals surface area contributed by atoms with E-state index in [0.29, 0.717) is 5.57 Å². The third-order valence-corrected chi connectivity index (χ3v) is 4.09. The lowest BCUT2D eigenvalue weighted by molar-refractivity contribution is -0.143. The third kappa shape index (κ3) is 6.20. The molecule has 4 nitrogen and oxygen atoms in total. The van der Waals surface area contributed by atoms with E-state index < -0.39 is 11.9 Å². The number of hydrogen-bond acceptors (Lipinski definition) is 4. The molecule has 4 heteroatoms. The topological polar surface area (TPSA) is 52.6 Å². The first-order valence-corrected chi connectivity index (χ1v) is 8.73. The van der Waals surface area contributed by atoms with Crippen LogP contribution >= 0.6 is 0 Å². The van der Waals surface area contributed by atoms with Crippen LogP contribution in [0.1, 0.15) is 31.4 Å². The minimum atomic E-state index is -0.541. The molecule has 0 aliphatic carbocycles. The number of hydrogen-bond donors (Lipinski definition) is 0. The number of benzene rings is 2. The van der Waals surface area contributed by atoms with Crippen LogP contribution in [0.5, 0.6) is 0 Å². The summed E-state index contributed by atoms with van der Waals surface area (Å²) in [5, 5.41) is 0. The average Bonchev–Trinajstić information content (AvgIpc) is 2.69. The molecular formula is C22H24O4. The van der Waals surface area contributed by atoms with Gasteiger partial charge in [0.1, 0.15) is 13.2 Å². The molecule has 136 valence electrons. The molecule has 0 aliphatic rings. The van der Waals surface area contributed by atoms with Crippen LogP contribution in [0.3, 0.4) is 0 Å². The summed E-state index contributed by atoms with van der Waals surface area (Å²) in [4.78, 5) is 24.5. The first-order valence-electron chi connectivity index (χ1n) is 8.73. The maximum absolute atomic E-state index is 12.4. The van der Waals surface area contributed by atoms with Gasteiger partial charge in [-0.1, -0.05) is 74.5 Å². The molecule has 0 aliphatic heterocycles. The van der Waals surface area contributed by atoms with Crippen molar-refractivity contribution in [1.82, 2.24) is 0 Å². The minimum absolute atomic E-state index is 0.0949. The summed E-state index contributed by atoms with van der Waals surface area (Å²) in [5.74, 6) is -1.12. The van der Waals surface area contributed by atoms with Crippen molar-refractivity contribution >= 4 is 11.9 Å². The Labute approximate surface area is 154 Å². The normalized spacial score (nSPS) is 12.3. The van der Waals surface area contributed by atoms with Crippen LogP contribution < -0.4 is 0 Å². The van der Waals surface area contributed by atoms with Gasteiger partial charge in [0.05, 0.1) is 0 Å². The van der Waals surface area contributed by atoms with Gasteiger partial charge < -0.3 is 9.47 Å². The highest BCUT2D eigenvalue weighted by atomic mass is 16.5. The second kappa shape index (κ2) is 10.2. The molecule has 0 N–H and O–H groups in total. The van der Waals surface area contributed by atoms with Crippen LogP contribution in [0.4, 0.5) is 0 Å². The fraction of sp³-hybridized carbons (Fsp3) is 0.273. The second-order valence-electron chi connectivity index (χ2n) is 6.06. The summed E-state index contributed by atoms with van der Waals surface area (Å²) < 4.78 is 10.6. The third-order valence-electron chi connectivity index (χ3n) is 4.09. The minimum Gasteiger partial charge on any atom is -0.458 e. The number of rotatable bonds is 8. The summed E-state index contributed by atoms with van der Waals surface area (Å²) in [6.45, 7) is 4.19. The maximum atomic E-state index is 12.4. The predicted octanol–water partition coefficient (Wildman–Crippen LogP) is 4.45. The van der Waals surface area contributed by atoms with E-state index in [1.54, 1.807) is 0 Å². The molecule has 0 saturated carbocycles. The molecule has 0 amide bonds. The fourth-order valence-electron chi connectivity index (χ4n) is 2.33. The Hall–Kier alpha value is -2.88. The van der Waals surface area contributed by atoms with E-state index in [2.05, 4.69) is 0 Å². The van der Waals surface area contributed by atoms with Crippen LogP contribution in [-0.4, -0.2) is 11.9 Å². The van der Waals surface area contributed by atoms with Crippen molar-refractivity contribution in [2.24, 2.45) is 5.92 Å². The van der Waals surface area contributed by atoms with Gasteiger partial charge in [0.25, 0.3) is 0 Å². The highest BCUT2D eigenvalue weighted by Crippen LogP contribution is 2.17. The summed E-state index contributed by atoms with van der Waals surface area (Å²) >= 11 is 0. The number of carbonyl (C=O) groups is 2. The van der Waals surface area contributed by atoms with Gasteiger partial charge in [-0.05, 0) is 23.5 Å². The fourth-order valence-corrected chi connectivity index (χ4v) is 2.33. The van der Waals surface area contributed by atoms with Gasteiger partial charge in [-0.25, -0.2) is 9.59 Å². The van der Waals surface area contributed by atoms with Crippen molar-refractivity contribution < 1.29 is 19.1 Å². The molecule has 0 heterocycles. The molecule has 0 bridgehead atoms. The molecule has 2 aromatic carbocycles. The van der Waals surface area contributed by atoms with Crippen molar-refractivity contribution in [1.29, 1.82) is 0 Å². The zero-order valence-corrected chi connectivity index (χ0v) is 15.2. The van der Waals surface area contributed by atoms with Gasteiger partial charge >= 0.3 is 11.9 Å². The van der Waals surface area contributed by atoms with Gasteiger partial charge in [0, 0.05) is 11.6 Å². The molecule has 0 unspecified atom stereocenters. The molecule has 0 radical (unpaired) electrons. The Kier molecular flexibility index (Phi) is 7.62. The van der Waals surface area contributed by atoms with Crippen LogP contribution in [-0.2, 0) is 32.3 Å². The van der Waals surface area contributed by atoms with E-state index in [9.17, 15) is 9.59 Å². The lowest BCUT2D eigenvalue weighted by atomic mass is 9.98. The lowest BCUT2D eigenvalue weighted by Crippen LogP contribution is -2.16. The zero-order valence-electron chi connectivity index (χ0n) is 15.2. The van der Waals surface area contributed by atoms with Gasteiger partial charge in [0.15, 0.2) is 0 Å². The molecule has 0 spiro atoms. The van der Waals surface area contributed by atoms with Crippen LogP contribution in [0.25, 0.3) is 0 Å². The van der Waals surface area contributed by atoms with Crippen LogP contribution in [0, 0.1) is 5.92 Å². The monoisotopic (exact) mass is 352 g/mol. The molecule has 1 atom stereocenters. The Morgan fingerprint density at radius 1 is 0.885 bits per heavy atom. The highest BCUT2D eigenvalue weighted by Gasteiger charge is 2.19. The molecule has 2 aromatic rings. The highest BCUT2D eigenvalue weighted by molar-refractivity contribution is 5.96. The van der Waals surface area contributed by atoms with Crippen molar-refractivity contribution in [3.63, 3.8) is 0 Å². The van der Waals surface area contributed by atoms with E-state index in [1.807, 2.05) is 74.5 Å². The molecular weight excluding hydrogens is 328 g/mol. The second-order valence-corrected chi connectivity index (χ2v) is 6.06. The van der Waals surface area contributed by atoms with Gasteiger partial charge in [-0.15, -0.1) is 0 Å². The van der Waals surface area contributed by atoms with Crippen molar-refractivity contribution in [3.05, 3.63) is 83.4 Å². The summed E-state index contributed by atoms with van der Waals surface area (Å²) in [7, 11) is 0. The smallest absolute Gasteiger partial charge is 0.334 e. The number of esters is 2. The number of carbonyl (C=O) groups excluding carboxylic acids is 2. The Morgan fingerprint density at radius 3 is 1.88 bits per heavy atom. The molecule has 2 rings (SSSR count). The Bertz CT molecular complexity index is 735. The van der Waals surface area contributed by atoms with Crippen molar-refractivity contribution in [3.8, 4) is 0 Å². The van der Waals surface area contributed by atoms with E-state index in [1.165, 1.54) is 6.08 Å². The van der Waals surface area contributed by atoms with E-state index in [0.717, 1.165) is 17.5 Å².